The first-order chi connectivity index (χ1) is 6.18. The van der Waals surface area contributed by atoms with E-state index in [0.717, 1.165) is 12.5 Å². The number of imidazole rings is 1. The average Bonchev–Trinajstić information content (AvgIpc) is 2.53. The van der Waals surface area contributed by atoms with Crippen molar-refractivity contribution >= 4 is 11.8 Å². The normalized spacial score (nSPS) is 13.5. The Morgan fingerprint density at radius 3 is 2.69 bits per heavy atom. The second-order valence-corrected chi connectivity index (χ2v) is 5.27. The molecule has 13 heavy (non-hydrogen) atoms. The summed E-state index contributed by atoms with van der Waals surface area (Å²) in [6.45, 7) is 7.86. The molecule has 0 N–H and O–H groups in total. The minimum absolute atomic E-state index is 0.677. The number of aromatic nitrogens is 2. The van der Waals surface area contributed by atoms with Crippen LogP contribution in [0.5, 0.6) is 0 Å². The summed E-state index contributed by atoms with van der Waals surface area (Å²) < 4.78 is 2.14. The molecular weight excluding hydrogens is 180 g/mol. The minimum Gasteiger partial charge on any atom is -0.336 e. The number of thioether (sulfide) groups is 1. The molecule has 0 radical (unpaired) electrons. The van der Waals surface area contributed by atoms with Gasteiger partial charge in [0, 0.05) is 24.2 Å². The fourth-order valence-corrected chi connectivity index (χ4v) is 2.09. The zero-order valence-corrected chi connectivity index (χ0v) is 9.42. The third-order valence-corrected chi connectivity index (χ3v) is 3.32. The quantitative estimate of drug-likeness (QED) is 0.724. The zero-order valence-electron chi connectivity index (χ0n) is 8.60. The second-order valence-electron chi connectivity index (χ2n) is 3.80. The Morgan fingerprint density at radius 2 is 2.15 bits per heavy atom. The molecular formula is C10H18N2S. The highest BCUT2D eigenvalue weighted by molar-refractivity contribution is 7.99. The Labute approximate surface area is 84.7 Å². The van der Waals surface area contributed by atoms with Gasteiger partial charge in [0.25, 0.3) is 0 Å². The van der Waals surface area contributed by atoms with Gasteiger partial charge in [-0.25, -0.2) is 4.98 Å². The third kappa shape index (κ3) is 4.36. The maximum Gasteiger partial charge on any atom is 0.0946 e. The molecule has 2 nitrogen and oxygen atoms in total. The highest BCUT2D eigenvalue weighted by atomic mass is 32.2. The summed E-state index contributed by atoms with van der Waals surface area (Å²) >= 11 is 2.03. The Hall–Kier alpha value is -0.440. The number of hydrogen-bond acceptors (Lipinski definition) is 2. The summed E-state index contributed by atoms with van der Waals surface area (Å²) in [5.41, 5.74) is 0. The van der Waals surface area contributed by atoms with Gasteiger partial charge in [0.15, 0.2) is 0 Å². The molecule has 1 aromatic rings. The van der Waals surface area contributed by atoms with Gasteiger partial charge in [0.1, 0.15) is 0 Å². The summed E-state index contributed by atoms with van der Waals surface area (Å²) in [5, 5.41) is 0.677. The molecule has 0 amide bonds. The molecule has 0 bridgehead atoms. The van der Waals surface area contributed by atoms with Crippen LogP contribution in [0.25, 0.3) is 0 Å². The molecule has 74 valence electrons. The largest absolute Gasteiger partial charge is 0.336 e. The first kappa shape index (κ1) is 10.6. The minimum atomic E-state index is 0.677. The molecule has 1 atom stereocenters. The van der Waals surface area contributed by atoms with Crippen molar-refractivity contribution in [3.63, 3.8) is 0 Å². The Bertz CT molecular complexity index is 219. The van der Waals surface area contributed by atoms with E-state index in [0.29, 0.717) is 5.25 Å². The van der Waals surface area contributed by atoms with Gasteiger partial charge in [0.05, 0.1) is 6.33 Å². The van der Waals surface area contributed by atoms with Crippen LogP contribution in [0.4, 0.5) is 0 Å². The van der Waals surface area contributed by atoms with Crippen LogP contribution in [0.2, 0.25) is 0 Å². The molecule has 0 fully saturated rings. The summed E-state index contributed by atoms with van der Waals surface area (Å²) in [5.74, 6) is 2.03. The van der Waals surface area contributed by atoms with Crippen molar-refractivity contribution in [2.24, 2.45) is 5.92 Å². The standard InChI is InChI=1S/C10H18N2S/c1-9(2)7-13-10(3)6-12-5-4-11-8-12/h4-5,8-10H,6-7H2,1-3H3. The van der Waals surface area contributed by atoms with Crippen LogP contribution in [0.3, 0.4) is 0 Å². The highest BCUT2D eigenvalue weighted by Gasteiger charge is 2.04. The van der Waals surface area contributed by atoms with E-state index in [9.17, 15) is 0 Å². The molecule has 0 aliphatic heterocycles. The summed E-state index contributed by atoms with van der Waals surface area (Å²) in [6.07, 6.45) is 5.73. The van der Waals surface area contributed by atoms with Crippen LogP contribution in [-0.4, -0.2) is 20.6 Å². The van der Waals surface area contributed by atoms with Crippen LogP contribution in [0, 0.1) is 5.92 Å². The van der Waals surface area contributed by atoms with Crippen molar-refractivity contribution < 1.29 is 0 Å². The predicted octanol–water partition coefficient (Wildman–Crippen LogP) is 2.66. The zero-order chi connectivity index (χ0) is 9.68. The number of hydrogen-bond donors (Lipinski definition) is 0. The van der Waals surface area contributed by atoms with Gasteiger partial charge in [0.2, 0.25) is 0 Å². The molecule has 0 saturated carbocycles. The van der Waals surface area contributed by atoms with Crippen LogP contribution >= 0.6 is 11.8 Å². The lowest BCUT2D eigenvalue weighted by Gasteiger charge is -2.12. The van der Waals surface area contributed by atoms with Gasteiger partial charge in [-0.3, -0.25) is 0 Å². The predicted molar refractivity (Wildman–Crippen MR) is 59.0 cm³/mol. The van der Waals surface area contributed by atoms with Crippen molar-refractivity contribution in [2.45, 2.75) is 32.6 Å². The average molecular weight is 198 g/mol. The first-order valence-corrected chi connectivity index (χ1v) is 5.80. The molecule has 1 heterocycles. The Kier molecular flexibility index (Phi) is 4.36. The van der Waals surface area contributed by atoms with E-state index in [2.05, 4.69) is 30.3 Å². The van der Waals surface area contributed by atoms with Gasteiger partial charge in [-0.1, -0.05) is 20.8 Å². The van der Waals surface area contributed by atoms with Crippen molar-refractivity contribution in [1.82, 2.24) is 9.55 Å². The van der Waals surface area contributed by atoms with Gasteiger partial charge in [-0.15, -0.1) is 0 Å². The van der Waals surface area contributed by atoms with E-state index >= 15 is 0 Å². The monoisotopic (exact) mass is 198 g/mol. The van der Waals surface area contributed by atoms with E-state index in [1.165, 1.54) is 5.75 Å². The molecule has 1 aromatic heterocycles. The summed E-state index contributed by atoms with van der Waals surface area (Å²) in [6, 6.07) is 0. The van der Waals surface area contributed by atoms with Crippen LogP contribution in [0.15, 0.2) is 18.7 Å². The maximum atomic E-state index is 4.02. The van der Waals surface area contributed by atoms with Crippen molar-refractivity contribution in [2.75, 3.05) is 5.75 Å². The first-order valence-electron chi connectivity index (χ1n) is 4.76. The molecule has 0 spiro atoms. The van der Waals surface area contributed by atoms with E-state index in [-0.39, 0.29) is 0 Å². The fraction of sp³-hybridized carbons (Fsp3) is 0.700. The van der Waals surface area contributed by atoms with E-state index in [1.807, 2.05) is 30.5 Å². The van der Waals surface area contributed by atoms with Crippen molar-refractivity contribution in [1.29, 1.82) is 0 Å². The smallest absolute Gasteiger partial charge is 0.0946 e. The SMILES string of the molecule is CC(C)CSC(C)Cn1ccnc1. The van der Waals surface area contributed by atoms with E-state index in [4.69, 9.17) is 0 Å². The molecule has 3 heteroatoms. The van der Waals surface area contributed by atoms with Crippen LogP contribution in [-0.2, 0) is 6.54 Å². The van der Waals surface area contributed by atoms with Crippen LogP contribution in [0.1, 0.15) is 20.8 Å². The van der Waals surface area contributed by atoms with E-state index in [1.54, 1.807) is 0 Å². The van der Waals surface area contributed by atoms with Gasteiger partial charge < -0.3 is 4.57 Å². The summed E-state index contributed by atoms with van der Waals surface area (Å²) in [4.78, 5) is 4.02. The lowest BCUT2D eigenvalue weighted by Crippen LogP contribution is -2.09. The molecule has 0 saturated heterocycles. The van der Waals surface area contributed by atoms with Gasteiger partial charge >= 0.3 is 0 Å². The number of rotatable bonds is 5. The highest BCUT2D eigenvalue weighted by Crippen LogP contribution is 2.15. The molecule has 0 aromatic carbocycles. The molecule has 1 rings (SSSR count). The van der Waals surface area contributed by atoms with E-state index < -0.39 is 0 Å². The maximum absolute atomic E-state index is 4.02. The van der Waals surface area contributed by atoms with Gasteiger partial charge in [-0.2, -0.15) is 11.8 Å². The molecule has 0 aliphatic rings. The third-order valence-electron chi connectivity index (χ3n) is 1.74. The second kappa shape index (κ2) is 5.32. The van der Waals surface area contributed by atoms with Gasteiger partial charge in [-0.05, 0) is 11.7 Å². The van der Waals surface area contributed by atoms with Crippen LogP contribution < -0.4 is 0 Å². The van der Waals surface area contributed by atoms with Crippen molar-refractivity contribution in [3.8, 4) is 0 Å². The summed E-state index contributed by atoms with van der Waals surface area (Å²) in [7, 11) is 0. The Morgan fingerprint density at radius 1 is 1.38 bits per heavy atom. The fourth-order valence-electron chi connectivity index (χ4n) is 1.10. The topological polar surface area (TPSA) is 17.8 Å². The lowest BCUT2D eigenvalue weighted by atomic mass is 10.3. The Balaban J connectivity index is 2.22. The molecule has 0 aliphatic carbocycles. The number of nitrogens with zero attached hydrogens (tertiary/aromatic N) is 2. The molecule has 1 unspecified atom stereocenters. The van der Waals surface area contributed by atoms with Crippen molar-refractivity contribution in [3.05, 3.63) is 18.7 Å². The lowest BCUT2D eigenvalue weighted by molar-refractivity contribution is 0.684.